The van der Waals surface area contributed by atoms with Crippen LogP contribution in [0.5, 0.6) is 11.5 Å². The van der Waals surface area contributed by atoms with E-state index < -0.39 is 11.4 Å². The molecule has 3 aromatic rings. The van der Waals surface area contributed by atoms with Gasteiger partial charge in [0.1, 0.15) is 5.54 Å². The summed E-state index contributed by atoms with van der Waals surface area (Å²) in [6.45, 7) is 0.430. The standard InChI is InChI=1S/C20H19N5O4S2/c21-20(13-4-2-1-3-5-13,17(27)23-18-24-25-19(30)31-18)9-16(26)22-10-12-6-7-14-15(8-12)29-11-28-14/h1-8H,9-11,21H2,(H,22,26)(H,25,30)(H,23,24,27)/t20-/m0/s1. The van der Waals surface area contributed by atoms with Crippen LogP contribution in [-0.4, -0.2) is 28.8 Å². The number of H-pyrrole nitrogens is 1. The van der Waals surface area contributed by atoms with Crippen molar-refractivity contribution >= 4 is 40.5 Å². The number of aromatic nitrogens is 2. The Morgan fingerprint density at radius 1 is 1.19 bits per heavy atom. The number of fused-ring (bicyclic) bond motifs is 1. The van der Waals surface area contributed by atoms with E-state index in [-0.39, 0.29) is 30.8 Å². The van der Waals surface area contributed by atoms with E-state index in [2.05, 4.69) is 20.8 Å². The zero-order valence-corrected chi connectivity index (χ0v) is 17.8. The zero-order valence-electron chi connectivity index (χ0n) is 16.2. The molecular weight excluding hydrogens is 438 g/mol. The minimum Gasteiger partial charge on any atom is -0.454 e. The molecule has 0 spiro atoms. The van der Waals surface area contributed by atoms with Crippen molar-refractivity contribution in [1.82, 2.24) is 15.5 Å². The van der Waals surface area contributed by atoms with Crippen molar-refractivity contribution in [2.75, 3.05) is 12.1 Å². The van der Waals surface area contributed by atoms with E-state index in [9.17, 15) is 9.59 Å². The fourth-order valence-corrected chi connectivity index (χ4v) is 3.89. The number of nitrogens with one attached hydrogen (secondary N) is 3. The van der Waals surface area contributed by atoms with E-state index in [0.29, 0.717) is 21.0 Å². The summed E-state index contributed by atoms with van der Waals surface area (Å²) in [6.07, 6.45) is -0.261. The lowest BCUT2D eigenvalue weighted by Crippen LogP contribution is -2.51. The van der Waals surface area contributed by atoms with Gasteiger partial charge in [-0.1, -0.05) is 47.7 Å². The highest BCUT2D eigenvalue weighted by molar-refractivity contribution is 7.73. The maximum Gasteiger partial charge on any atom is 0.251 e. The van der Waals surface area contributed by atoms with E-state index in [1.54, 1.807) is 42.5 Å². The molecule has 2 aromatic carbocycles. The fraction of sp³-hybridized carbons (Fsp3) is 0.200. The number of amides is 2. The summed E-state index contributed by atoms with van der Waals surface area (Å²) in [5, 5.41) is 12.2. The van der Waals surface area contributed by atoms with Gasteiger partial charge in [0.2, 0.25) is 17.8 Å². The zero-order chi connectivity index (χ0) is 21.8. The van der Waals surface area contributed by atoms with Crippen molar-refractivity contribution in [3.05, 3.63) is 63.6 Å². The molecule has 9 nitrogen and oxygen atoms in total. The monoisotopic (exact) mass is 457 g/mol. The number of aromatic amines is 1. The number of nitrogens with two attached hydrogens (primary N) is 1. The second kappa shape index (κ2) is 8.84. The molecule has 1 aromatic heterocycles. The molecule has 0 saturated carbocycles. The van der Waals surface area contributed by atoms with Gasteiger partial charge in [0.25, 0.3) is 5.91 Å². The third-order valence-corrected chi connectivity index (χ3v) is 5.72. The minimum atomic E-state index is -1.60. The average molecular weight is 458 g/mol. The van der Waals surface area contributed by atoms with Crippen molar-refractivity contribution in [2.45, 2.75) is 18.5 Å². The summed E-state index contributed by atoms with van der Waals surface area (Å²) >= 11 is 6.09. The lowest BCUT2D eigenvalue weighted by molar-refractivity contribution is -0.129. The van der Waals surface area contributed by atoms with Gasteiger partial charge in [0.05, 0.1) is 6.42 Å². The molecule has 2 heterocycles. The molecule has 1 atom stereocenters. The van der Waals surface area contributed by atoms with Crippen molar-refractivity contribution in [2.24, 2.45) is 5.73 Å². The molecule has 0 fully saturated rings. The van der Waals surface area contributed by atoms with Crippen LogP contribution >= 0.6 is 23.6 Å². The maximum absolute atomic E-state index is 13.1. The molecule has 4 rings (SSSR count). The van der Waals surface area contributed by atoms with Crippen molar-refractivity contribution in [1.29, 1.82) is 0 Å². The van der Waals surface area contributed by atoms with Gasteiger partial charge in [-0.05, 0) is 35.5 Å². The number of hydrogen-bond acceptors (Lipinski definition) is 8. The van der Waals surface area contributed by atoms with Gasteiger partial charge < -0.3 is 20.5 Å². The Bertz CT molecular complexity index is 1160. The first-order valence-corrected chi connectivity index (χ1v) is 10.5. The van der Waals surface area contributed by atoms with Gasteiger partial charge in [-0.25, -0.2) is 0 Å². The summed E-state index contributed by atoms with van der Waals surface area (Å²) in [4.78, 5) is 25.8. The van der Waals surface area contributed by atoms with Gasteiger partial charge in [0, 0.05) is 6.54 Å². The van der Waals surface area contributed by atoms with E-state index in [4.69, 9.17) is 27.4 Å². The summed E-state index contributed by atoms with van der Waals surface area (Å²) < 4.78 is 11.1. The molecule has 0 bridgehead atoms. The first kappa shape index (κ1) is 21.0. The van der Waals surface area contributed by atoms with Crippen molar-refractivity contribution < 1.29 is 19.1 Å². The van der Waals surface area contributed by atoms with Crippen LogP contribution in [0.25, 0.3) is 0 Å². The SMILES string of the molecule is N[C@](CC(=O)NCc1ccc2c(c1)OCO2)(C(=O)Nc1n[nH]c(=S)s1)c1ccccc1. The topological polar surface area (TPSA) is 131 Å². The highest BCUT2D eigenvalue weighted by Crippen LogP contribution is 2.32. The normalized spacial score (nSPS) is 14.0. The quantitative estimate of drug-likeness (QED) is 0.401. The lowest BCUT2D eigenvalue weighted by Gasteiger charge is -2.27. The average Bonchev–Trinajstić information content (AvgIpc) is 3.40. The van der Waals surface area contributed by atoms with Crippen LogP contribution in [0.1, 0.15) is 17.5 Å². The largest absolute Gasteiger partial charge is 0.454 e. The fourth-order valence-electron chi connectivity index (χ4n) is 3.11. The predicted octanol–water partition coefficient (Wildman–Crippen LogP) is 2.43. The molecule has 0 radical (unpaired) electrons. The van der Waals surface area contributed by atoms with Crippen LogP contribution in [0, 0.1) is 3.95 Å². The number of rotatable bonds is 7. The number of carbonyl (C=O) groups is 2. The first-order chi connectivity index (χ1) is 14.9. The summed E-state index contributed by atoms with van der Waals surface area (Å²) in [6, 6.07) is 14.1. The molecule has 0 saturated heterocycles. The molecule has 0 aliphatic carbocycles. The number of nitrogens with zero attached hydrogens (tertiary/aromatic N) is 1. The Kier molecular flexibility index (Phi) is 5.98. The summed E-state index contributed by atoms with van der Waals surface area (Å²) in [5.41, 5.74) is 6.23. The number of hydrogen-bond donors (Lipinski definition) is 4. The van der Waals surface area contributed by atoms with Gasteiger partial charge in [-0.15, -0.1) is 5.10 Å². The maximum atomic E-state index is 13.1. The van der Waals surface area contributed by atoms with Crippen molar-refractivity contribution in [3.8, 4) is 11.5 Å². The third-order valence-electron chi connectivity index (χ3n) is 4.72. The van der Waals surface area contributed by atoms with Crippen LogP contribution in [-0.2, 0) is 21.7 Å². The highest BCUT2D eigenvalue weighted by atomic mass is 32.1. The molecule has 2 amide bonds. The van der Waals surface area contributed by atoms with Gasteiger partial charge in [-0.2, -0.15) is 0 Å². The lowest BCUT2D eigenvalue weighted by atomic mass is 9.86. The Morgan fingerprint density at radius 3 is 2.71 bits per heavy atom. The van der Waals surface area contributed by atoms with Crippen LogP contribution in [0.2, 0.25) is 0 Å². The third kappa shape index (κ3) is 4.74. The second-order valence-corrected chi connectivity index (χ2v) is 8.52. The predicted molar refractivity (Wildman–Crippen MR) is 117 cm³/mol. The number of ether oxygens (including phenoxy) is 2. The Balaban J connectivity index is 1.48. The summed E-state index contributed by atoms with van der Waals surface area (Å²) in [7, 11) is 0. The number of carbonyl (C=O) groups excluding carboxylic acids is 2. The molecule has 5 N–H and O–H groups in total. The second-order valence-electron chi connectivity index (χ2n) is 6.85. The van der Waals surface area contributed by atoms with Gasteiger partial charge in [0.15, 0.2) is 15.5 Å². The van der Waals surface area contributed by atoms with Gasteiger partial charge >= 0.3 is 0 Å². The van der Waals surface area contributed by atoms with Crippen LogP contribution < -0.4 is 25.8 Å². The Morgan fingerprint density at radius 2 is 1.97 bits per heavy atom. The summed E-state index contributed by atoms with van der Waals surface area (Å²) in [5.74, 6) is 0.354. The van der Waals surface area contributed by atoms with Crippen LogP contribution in [0.3, 0.4) is 0 Å². The molecule has 160 valence electrons. The molecule has 1 aliphatic heterocycles. The molecular formula is C20H19N5O4S2. The smallest absolute Gasteiger partial charge is 0.251 e. The van der Waals surface area contributed by atoms with E-state index in [1.165, 1.54) is 0 Å². The minimum absolute atomic E-state index is 0.177. The number of anilines is 1. The Labute approximate surface area is 186 Å². The van der Waals surface area contributed by atoms with Crippen LogP contribution in [0.4, 0.5) is 5.13 Å². The molecule has 31 heavy (non-hydrogen) atoms. The first-order valence-electron chi connectivity index (χ1n) is 9.31. The highest BCUT2D eigenvalue weighted by Gasteiger charge is 2.38. The Hall–Kier alpha value is -3.28. The van der Waals surface area contributed by atoms with E-state index in [0.717, 1.165) is 16.9 Å². The number of benzene rings is 2. The van der Waals surface area contributed by atoms with Crippen molar-refractivity contribution in [3.63, 3.8) is 0 Å². The molecule has 1 aliphatic rings. The van der Waals surface area contributed by atoms with Crippen LogP contribution in [0.15, 0.2) is 48.5 Å². The molecule has 11 heteroatoms. The van der Waals surface area contributed by atoms with E-state index in [1.807, 2.05) is 6.07 Å². The van der Waals surface area contributed by atoms with E-state index >= 15 is 0 Å². The molecule has 0 unspecified atom stereocenters. The van der Waals surface area contributed by atoms with Gasteiger partial charge in [-0.3, -0.25) is 20.0 Å².